The summed E-state index contributed by atoms with van der Waals surface area (Å²) < 4.78 is 0. The molecule has 1 amide bonds. The summed E-state index contributed by atoms with van der Waals surface area (Å²) in [6, 6.07) is 0.552. The molecule has 2 heteroatoms. The lowest BCUT2D eigenvalue weighted by molar-refractivity contribution is -0.134. The van der Waals surface area contributed by atoms with Gasteiger partial charge >= 0.3 is 0 Å². The minimum Gasteiger partial charge on any atom is -0.343 e. The Morgan fingerprint density at radius 2 is 2.08 bits per heavy atom. The minimum atomic E-state index is 0.315. The van der Waals surface area contributed by atoms with Crippen LogP contribution in [0.4, 0.5) is 0 Å². The number of carbonyl (C=O) groups excluding carboxylic acids is 1. The first-order valence-corrected chi connectivity index (χ1v) is 4.87. The largest absolute Gasteiger partial charge is 0.343 e. The standard InChI is InChI=1S/C10H19NO/c1-8(2)7-10(12)11(3)9-5-4-6-9/h8-9H,4-7H2,1-3H3. The molecule has 0 aliphatic heterocycles. The Kier molecular flexibility index (Phi) is 3.12. The van der Waals surface area contributed by atoms with Crippen LogP contribution < -0.4 is 0 Å². The van der Waals surface area contributed by atoms with Crippen LogP contribution in [0.5, 0.6) is 0 Å². The van der Waals surface area contributed by atoms with E-state index in [2.05, 4.69) is 13.8 Å². The Morgan fingerprint density at radius 1 is 1.50 bits per heavy atom. The third-order valence-electron chi connectivity index (χ3n) is 2.60. The molecule has 0 bridgehead atoms. The van der Waals surface area contributed by atoms with E-state index in [4.69, 9.17) is 0 Å². The van der Waals surface area contributed by atoms with Gasteiger partial charge in [0.2, 0.25) is 5.91 Å². The molecule has 0 heterocycles. The van der Waals surface area contributed by atoms with Crippen LogP contribution in [0, 0.1) is 5.92 Å². The Hall–Kier alpha value is -0.530. The molecular weight excluding hydrogens is 150 g/mol. The van der Waals surface area contributed by atoms with Gasteiger partial charge in [-0.05, 0) is 25.2 Å². The second kappa shape index (κ2) is 3.92. The molecule has 1 rings (SSSR count). The second-order valence-electron chi connectivity index (χ2n) is 4.19. The van der Waals surface area contributed by atoms with Crippen LogP contribution in [0.1, 0.15) is 39.5 Å². The SMILES string of the molecule is CC(C)CC(=O)N(C)C1CCC1. The van der Waals surface area contributed by atoms with Crippen molar-refractivity contribution in [1.82, 2.24) is 4.90 Å². The summed E-state index contributed by atoms with van der Waals surface area (Å²) >= 11 is 0. The molecule has 1 saturated carbocycles. The van der Waals surface area contributed by atoms with Crippen LogP contribution in [0.25, 0.3) is 0 Å². The Balaban J connectivity index is 2.30. The summed E-state index contributed by atoms with van der Waals surface area (Å²) in [5.74, 6) is 0.801. The highest BCUT2D eigenvalue weighted by atomic mass is 16.2. The van der Waals surface area contributed by atoms with E-state index in [1.165, 1.54) is 19.3 Å². The number of rotatable bonds is 3. The summed E-state index contributed by atoms with van der Waals surface area (Å²) in [6.07, 6.45) is 4.41. The van der Waals surface area contributed by atoms with Crippen molar-refractivity contribution in [3.63, 3.8) is 0 Å². The highest BCUT2D eigenvalue weighted by molar-refractivity contribution is 5.76. The molecule has 1 aliphatic carbocycles. The summed E-state index contributed by atoms with van der Waals surface area (Å²) in [5.41, 5.74) is 0. The van der Waals surface area contributed by atoms with Gasteiger partial charge in [-0.2, -0.15) is 0 Å². The summed E-state index contributed by atoms with van der Waals surface area (Å²) in [6.45, 7) is 4.18. The normalized spacial score (nSPS) is 17.7. The van der Waals surface area contributed by atoms with E-state index < -0.39 is 0 Å². The first-order chi connectivity index (χ1) is 5.61. The van der Waals surface area contributed by atoms with E-state index in [9.17, 15) is 4.79 Å². The topological polar surface area (TPSA) is 20.3 Å². The third-order valence-corrected chi connectivity index (χ3v) is 2.60. The number of carbonyl (C=O) groups is 1. The molecule has 2 nitrogen and oxygen atoms in total. The van der Waals surface area contributed by atoms with Gasteiger partial charge in [-0.25, -0.2) is 0 Å². The summed E-state index contributed by atoms with van der Waals surface area (Å²) in [5, 5.41) is 0. The molecule has 0 spiro atoms. The zero-order valence-electron chi connectivity index (χ0n) is 8.34. The molecule has 70 valence electrons. The van der Waals surface area contributed by atoms with Crippen molar-refractivity contribution >= 4 is 5.91 Å². The molecule has 1 aliphatic rings. The van der Waals surface area contributed by atoms with E-state index >= 15 is 0 Å². The van der Waals surface area contributed by atoms with Crippen LogP contribution in [-0.4, -0.2) is 23.9 Å². The predicted octanol–water partition coefficient (Wildman–Crippen LogP) is 2.04. The zero-order chi connectivity index (χ0) is 9.14. The van der Waals surface area contributed by atoms with Crippen LogP contribution in [-0.2, 0) is 4.79 Å². The summed E-state index contributed by atoms with van der Waals surface area (Å²) in [4.78, 5) is 13.4. The Labute approximate surface area is 74.9 Å². The van der Waals surface area contributed by atoms with Gasteiger partial charge in [-0.3, -0.25) is 4.79 Å². The number of hydrogen-bond acceptors (Lipinski definition) is 1. The van der Waals surface area contributed by atoms with Crippen molar-refractivity contribution in [2.45, 2.75) is 45.6 Å². The maximum atomic E-state index is 11.5. The average molecular weight is 169 g/mol. The van der Waals surface area contributed by atoms with E-state index in [-0.39, 0.29) is 0 Å². The van der Waals surface area contributed by atoms with Crippen molar-refractivity contribution in [3.05, 3.63) is 0 Å². The van der Waals surface area contributed by atoms with E-state index in [1.807, 2.05) is 11.9 Å². The lowest BCUT2D eigenvalue weighted by atomic mass is 9.91. The van der Waals surface area contributed by atoms with Gasteiger partial charge in [-0.1, -0.05) is 13.8 Å². The highest BCUT2D eigenvalue weighted by Gasteiger charge is 2.25. The average Bonchev–Trinajstić information content (AvgIpc) is 1.81. The lowest BCUT2D eigenvalue weighted by Gasteiger charge is -2.35. The molecule has 0 aromatic carbocycles. The highest BCUT2D eigenvalue weighted by Crippen LogP contribution is 2.24. The van der Waals surface area contributed by atoms with Gasteiger partial charge in [0.1, 0.15) is 0 Å². The molecule has 0 radical (unpaired) electrons. The van der Waals surface area contributed by atoms with Crippen LogP contribution in [0.3, 0.4) is 0 Å². The Bertz CT molecular complexity index is 161. The predicted molar refractivity (Wildman–Crippen MR) is 49.9 cm³/mol. The van der Waals surface area contributed by atoms with E-state index in [0.717, 1.165) is 0 Å². The number of hydrogen-bond donors (Lipinski definition) is 0. The van der Waals surface area contributed by atoms with Crippen molar-refractivity contribution in [2.24, 2.45) is 5.92 Å². The van der Waals surface area contributed by atoms with Gasteiger partial charge in [-0.15, -0.1) is 0 Å². The van der Waals surface area contributed by atoms with Crippen LogP contribution in [0.15, 0.2) is 0 Å². The van der Waals surface area contributed by atoms with E-state index in [0.29, 0.717) is 24.3 Å². The smallest absolute Gasteiger partial charge is 0.222 e. The van der Waals surface area contributed by atoms with Crippen LogP contribution in [0.2, 0.25) is 0 Å². The van der Waals surface area contributed by atoms with Gasteiger partial charge in [0.25, 0.3) is 0 Å². The second-order valence-corrected chi connectivity index (χ2v) is 4.19. The van der Waals surface area contributed by atoms with Crippen molar-refractivity contribution in [3.8, 4) is 0 Å². The number of amides is 1. The van der Waals surface area contributed by atoms with Gasteiger partial charge in [0.05, 0.1) is 0 Å². The van der Waals surface area contributed by atoms with Crippen molar-refractivity contribution in [1.29, 1.82) is 0 Å². The van der Waals surface area contributed by atoms with Gasteiger partial charge < -0.3 is 4.90 Å². The molecule has 0 aromatic rings. The fourth-order valence-electron chi connectivity index (χ4n) is 1.47. The Morgan fingerprint density at radius 3 is 2.42 bits per heavy atom. The summed E-state index contributed by atoms with van der Waals surface area (Å²) in [7, 11) is 1.94. The molecule has 1 fully saturated rings. The fourth-order valence-corrected chi connectivity index (χ4v) is 1.47. The van der Waals surface area contributed by atoms with Crippen molar-refractivity contribution in [2.75, 3.05) is 7.05 Å². The molecule has 0 N–H and O–H groups in total. The monoisotopic (exact) mass is 169 g/mol. The van der Waals surface area contributed by atoms with Crippen molar-refractivity contribution < 1.29 is 4.79 Å². The van der Waals surface area contributed by atoms with Gasteiger partial charge in [0, 0.05) is 19.5 Å². The molecule has 0 unspecified atom stereocenters. The van der Waals surface area contributed by atoms with Crippen LogP contribution >= 0.6 is 0 Å². The number of nitrogens with zero attached hydrogens (tertiary/aromatic N) is 1. The molecular formula is C10H19NO. The quantitative estimate of drug-likeness (QED) is 0.633. The van der Waals surface area contributed by atoms with E-state index in [1.54, 1.807) is 0 Å². The van der Waals surface area contributed by atoms with Gasteiger partial charge in [0.15, 0.2) is 0 Å². The maximum Gasteiger partial charge on any atom is 0.222 e. The first kappa shape index (κ1) is 9.56. The third kappa shape index (κ3) is 2.23. The fraction of sp³-hybridized carbons (Fsp3) is 0.900. The maximum absolute atomic E-state index is 11.5. The molecule has 0 saturated heterocycles. The molecule has 0 atom stereocenters. The molecule has 12 heavy (non-hydrogen) atoms. The minimum absolute atomic E-state index is 0.315. The first-order valence-electron chi connectivity index (χ1n) is 4.87. The molecule has 0 aromatic heterocycles. The lowest BCUT2D eigenvalue weighted by Crippen LogP contribution is -2.41. The zero-order valence-corrected chi connectivity index (χ0v) is 8.34.